The van der Waals surface area contributed by atoms with Crippen molar-refractivity contribution in [3.63, 3.8) is 0 Å². The summed E-state index contributed by atoms with van der Waals surface area (Å²) in [5.41, 5.74) is 3.10. The predicted octanol–water partition coefficient (Wildman–Crippen LogP) is 1.07. The molecule has 2 aromatic carbocycles. The molecule has 30 heavy (non-hydrogen) atoms. The molecule has 10 heteroatoms. The summed E-state index contributed by atoms with van der Waals surface area (Å²) in [5, 5.41) is 31.3. The van der Waals surface area contributed by atoms with Crippen LogP contribution < -0.4 is 15.5 Å². The highest BCUT2D eigenvalue weighted by atomic mass is 16.5. The van der Waals surface area contributed by atoms with Crippen LogP contribution in [-0.2, 0) is 13.0 Å². The number of hydrogen-bond acceptors (Lipinski definition) is 8. The van der Waals surface area contributed by atoms with E-state index in [0.29, 0.717) is 29.8 Å². The van der Waals surface area contributed by atoms with Crippen LogP contribution in [0.4, 0.5) is 5.82 Å². The zero-order valence-corrected chi connectivity index (χ0v) is 16.6. The number of nitrogens with one attached hydrogen (secondary N) is 1. The number of aryl methyl sites for hydroxylation is 1. The van der Waals surface area contributed by atoms with Crippen molar-refractivity contribution in [1.29, 1.82) is 0 Å². The lowest BCUT2D eigenvalue weighted by Gasteiger charge is -2.12. The summed E-state index contributed by atoms with van der Waals surface area (Å²) in [6, 6.07) is 15.3. The van der Waals surface area contributed by atoms with Crippen LogP contribution in [0, 0.1) is 0 Å². The van der Waals surface area contributed by atoms with Crippen LogP contribution in [0.5, 0.6) is 6.01 Å². The van der Waals surface area contributed by atoms with Gasteiger partial charge >= 0.3 is 13.1 Å². The van der Waals surface area contributed by atoms with Crippen molar-refractivity contribution in [2.24, 2.45) is 0 Å². The lowest BCUT2D eigenvalue weighted by atomic mass is 9.79. The number of methoxy groups -OCH3 is 1. The maximum absolute atomic E-state index is 9.67. The maximum Gasteiger partial charge on any atom is 0.490 e. The Morgan fingerprint density at radius 1 is 1.03 bits per heavy atom. The molecule has 0 saturated carbocycles. The number of aromatic nitrogens is 5. The molecule has 0 radical (unpaired) electrons. The Balaban J connectivity index is 1.79. The molecule has 0 spiro atoms. The highest BCUT2D eigenvalue weighted by Gasteiger charge is 2.23. The number of fused-ring (bicyclic) bond motifs is 1. The topological polar surface area (TPSA) is 118 Å². The van der Waals surface area contributed by atoms with Gasteiger partial charge in [0.2, 0.25) is 0 Å². The normalized spacial score (nSPS) is 10.9. The van der Waals surface area contributed by atoms with E-state index in [2.05, 4.69) is 25.5 Å². The van der Waals surface area contributed by atoms with E-state index in [9.17, 15) is 10.0 Å². The summed E-state index contributed by atoms with van der Waals surface area (Å²) in [6.07, 6.45) is 0.667. The molecule has 0 unspecified atom stereocenters. The van der Waals surface area contributed by atoms with Crippen molar-refractivity contribution < 1.29 is 14.8 Å². The molecular formula is C20H21BN6O3. The molecule has 3 N–H and O–H groups in total. The first-order chi connectivity index (χ1) is 14.6. The molecule has 0 fully saturated rings. The minimum Gasteiger partial charge on any atom is -0.468 e. The number of ether oxygens (including phenoxy) is 1. The number of anilines is 1. The van der Waals surface area contributed by atoms with Gasteiger partial charge in [-0.1, -0.05) is 49.4 Å². The molecule has 0 atom stereocenters. The van der Waals surface area contributed by atoms with Gasteiger partial charge < -0.3 is 20.1 Å². The van der Waals surface area contributed by atoms with Crippen molar-refractivity contribution in [3.05, 3.63) is 59.8 Å². The second-order valence-corrected chi connectivity index (χ2v) is 6.62. The van der Waals surface area contributed by atoms with Crippen LogP contribution in [0.2, 0.25) is 0 Å². The third-order valence-corrected chi connectivity index (χ3v) is 4.73. The van der Waals surface area contributed by atoms with Gasteiger partial charge in [0.1, 0.15) is 5.69 Å². The second-order valence-electron chi connectivity index (χ2n) is 6.62. The van der Waals surface area contributed by atoms with Crippen molar-refractivity contribution in [3.8, 4) is 12.0 Å². The number of imidazole rings is 1. The Morgan fingerprint density at radius 2 is 1.83 bits per heavy atom. The van der Waals surface area contributed by atoms with Crippen LogP contribution in [-0.4, -0.2) is 49.0 Å². The largest absolute Gasteiger partial charge is 0.490 e. The molecule has 0 aliphatic carbocycles. The van der Waals surface area contributed by atoms with Crippen LogP contribution >= 0.6 is 0 Å². The molecule has 0 aliphatic heterocycles. The smallest absolute Gasteiger partial charge is 0.468 e. The minimum absolute atomic E-state index is 0.221. The number of para-hydroxylation sites is 1. The van der Waals surface area contributed by atoms with Gasteiger partial charge in [0.25, 0.3) is 5.95 Å². The maximum atomic E-state index is 9.67. The van der Waals surface area contributed by atoms with Crippen molar-refractivity contribution >= 4 is 29.4 Å². The average molecular weight is 404 g/mol. The van der Waals surface area contributed by atoms with Gasteiger partial charge in [-0.05, 0) is 18.1 Å². The van der Waals surface area contributed by atoms with E-state index in [1.54, 1.807) is 22.8 Å². The molecule has 2 heterocycles. The molecule has 0 bridgehead atoms. The molecule has 0 aliphatic rings. The number of rotatable bonds is 7. The summed E-state index contributed by atoms with van der Waals surface area (Å²) in [6.45, 7) is 2.58. The lowest BCUT2D eigenvalue weighted by Crippen LogP contribution is -2.30. The molecular weight excluding hydrogens is 383 g/mol. The number of benzene rings is 2. The van der Waals surface area contributed by atoms with Gasteiger partial charge in [-0.3, -0.25) is 0 Å². The summed E-state index contributed by atoms with van der Waals surface area (Å²) in [7, 11) is -0.179. The molecule has 4 aromatic rings. The Morgan fingerprint density at radius 3 is 2.53 bits per heavy atom. The van der Waals surface area contributed by atoms with Crippen molar-refractivity contribution in [1.82, 2.24) is 24.7 Å². The third kappa shape index (κ3) is 3.70. The van der Waals surface area contributed by atoms with E-state index in [4.69, 9.17) is 4.74 Å². The van der Waals surface area contributed by atoms with E-state index in [0.717, 1.165) is 11.3 Å². The third-order valence-electron chi connectivity index (χ3n) is 4.73. The summed E-state index contributed by atoms with van der Waals surface area (Å²) >= 11 is 0. The van der Waals surface area contributed by atoms with Crippen LogP contribution in [0.15, 0.2) is 48.5 Å². The molecule has 9 nitrogen and oxygen atoms in total. The van der Waals surface area contributed by atoms with Gasteiger partial charge in [0.05, 0.1) is 18.1 Å². The fourth-order valence-electron chi connectivity index (χ4n) is 3.23. The number of hydrogen-bond donors (Lipinski definition) is 3. The Kier molecular flexibility index (Phi) is 5.60. The molecule has 152 valence electrons. The summed E-state index contributed by atoms with van der Waals surface area (Å²) in [4.78, 5) is 9.05. The first-order valence-electron chi connectivity index (χ1n) is 9.55. The van der Waals surface area contributed by atoms with Crippen LogP contribution in [0.3, 0.4) is 0 Å². The quantitative estimate of drug-likeness (QED) is 0.392. The van der Waals surface area contributed by atoms with Gasteiger partial charge in [0.15, 0.2) is 5.82 Å². The monoisotopic (exact) mass is 404 g/mol. The number of nitrogens with zero attached hydrogens (tertiary/aromatic N) is 5. The summed E-state index contributed by atoms with van der Waals surface area (Å²) < 4.78 is 7.00. The van der Waals surface area contributed by atoms with Crippen LogP contribution in [0.1, 0.15) is 18.2 Å². The van der Waals surface area contributed by atoms with Gasteiger partial charge in [0, 0.05) is 12.0 Å². The molecule has 4 rings (SSSR count). The second kappa shape index (κ2) is 8.48. The average Bonchev–Trinajstić information content (AvgIpc) is 3.16. The zero-order valence-electron chi connectivity index (χ0n) is 16.6. The summed E-state index contributed by atoms with van der Waals surface area (Å²) in [5.74, 6) is 0.889. The van der Waals surface area contributed by atoms with Gasteiger partial charge in [-0.15, -0.1) is 10.2 Å². The highest BCUT2D eigenvalue weighted by molar-refractivity contribution is 6.61. The lowest BCUT2D eigenvalue weighted by molar-refractivity contribution is 0.373. The highest BCUT2D eigenvalue weighted by Crippen LogP contribution is 2.24. The van der Waals surface area contributed by atoms with Crippen molar-refractivity contribution in [2.75, 3.05) is 12.4 Å². The fourth-order valence-corrected chi connectivity index (χ4v) is 3.23. The first-order valence-corrected chi connectivity index (χ1v) is 9.55. The fraction of sp³-hybridized carbons (Fsp3) is 0.200. The van der Waals surface area contributed by atoms with Crippen LogP contribution in [0.25, 0.3) is 17.0 Å². The Bertz CT molecular complexity index is 1170. The van der Waals surface area contributed by atoms with E-state index in [1.807, 2.05) is 37.3 Å². The first kappa shape index (κ1) is 19.8. The Hall–Kier alpha value is -3.50. The Labute approximate surface area is 173 Å². The molecule has 0 amide bonds. The van der Waals surface area contributed by atoms with E-state index >= 15 is 0 Å². The van der Waals surface area contributed by atoms with Gasteiger partial charge in [-0.25, -0.2) is 4.57 Å². The predicted molar refractivity (Wildman–Crippen MR) is 114 cm³/mol. The van der Waals surface area contributed by atoms with E-state index in [1.165, 1.54) is 7.11 Å². The molecule has 0 saturated heterocycles. The van der Waals surface area contributed by atoms with Gasteiger partial charge in [-0.2, -0.15) is 9.97 Å². The van der Waals surface area contributed by atoms with E-state index < -0.39 is 7.12 Å². The standard InChI is InChI=1S/C20H21BN6O3/c1-3-15-18(22-12-13-8-5-4-6-9-13)24-19(26-25-15)27-16-11-7-10-14(21(28)29)17(16)23-20(27)30-2/h4-11,28-29H,3,12H2,1-2H3,(H,22,24,26). The van der Waals surface area contributed by atoms with E-state index in [-0.39, 0.29) is 17.4 Å². The SMILES string of the molecule is CCc1nnc(-n2c(OC)nc3c(B(O)O)cccc32)nc1NCc1ccccc1. The minimum atomic E-state index is -1.66. The zero-order chi connectivity index (χ0) is 21.1. The van der Waals surface area contributed by atoms with Crippen molar-refractivity contribution in [2.45, 2.75) is 19.9 Å². The molecule has 2 aromatic heterocycles.